The van der Waals surface area contributed by atoms with E-state index < -0.39 is 19.0 Å². The first-order chi connectivity index (χ1) is 26.0. The van der Waals surface area contributed by atoms with Crippen LogP contribution in [0.1, 0.15) is 55.5 Å². The number of phosphoric acid groups is 1. The monoisotopic (exact) mass is 777 g/mol. The molecule has 3 aromatic heterocycles. The van der Waals surface area contributed by atoms with Crippen LogP contribution in [0, 0.1) is 0 Å². The maximum atomic E-state index is 13.5. The molecule has 0 unspecified atom stereocenters. The lowest BCUT2D eigenvalue weighted by Gasteiger charge is -2.29. The van der Waals surface area contributed by atoms with Crippen LogP contribution in [0.2, 0.25) is 0 Å². The molecule has 14 heteroatoms. The minimum atomic E-state index is -4.50. The molecule has 11 nitrogen and oxygen atoms in total. The standard InChI is InChI=1S/C20H23N5O2S2.C20H13O4P/c1-19(2,3)27-18(26)20(8-13-11-28-12-24-13)9-14(15-10-21-4-5-22-15)16(25-20)17-23-6-7-29-17;21-25(22)23-17-11-9-13-5-1-3-7-15(13)19(17)20-16-8-4-2-6-14(16)10-12-18(20)24-25/h4-7,10-12,14,16,25H,8-9H2,1-3H3;1-12H,(H,21,22)/t14-,16-,20+;/m1./s1. The molecule has 4 aromatic carbocycles. The van der Waals surface area contributed by atoms with Crippen LogP contribution in [0.5, 0.6) is 11.5 Å². The maximum Gasteiger partial charge on any atom is 0.372 e. The van der Waals surface area contributed by atoms with Gasteiger partial charge in [0, 0.05) is 53.1 Å². The quantitative estimate of drug-likeness (QED) is 0.138. The van der Waals surface area contributed by atoms with Gasteiger partial charge in [-0.1, -0.05) is 60.7 Å². The summed E-state index contributed by atoms with van der Waals surface area (Å²) in [7, 11) is -4.50. The molecule has 1 fully saturated rings. The van der Waals surface area contributed by atoms with E-state index in [1.165, 1.54) is 11.3 Å². The van der Waals surface area contributed by atoms with E-state index in [1.54, 1.807) is 53.8 Å². The Balaban J connectivity index is 0.000000155. The molecule has 0 bridgehead atoms. The van der Waals surface area contributed by atoms with E-state index in [0.29, 0.717) is 12.8 Å². The van der Waals surface area contributed by atoms with Crippen LogP contribution < -0.4 is 19.3 Å². The molecular weight excluding hydrogens is 742 g/mol. The fourth-order valence-corrected chi connectivity index (χ4v) is 9.45. The van der Waals surface area contributed by atoms with E-state index in [2.05, 4.69) is 25.3 Å². The van der Waals surface area contributed by atoms with Gasteiger partial charge in [-0.05, 0) is 54.4 Å². The largest absolute Gasteiger partial charge is 0.736 e. The Hall–Kier alpha value is -5.04. The summed E-state index contributed by atoms with van der Waals surface area (Å²) in [5.74, 6) is 0.353. The molecule has 2 aliphatic rings. The Morgan fingerprint density at radius 1 is 0.926 bits per heavy atom. The van der Waals surface area contributed by atoms with Gasteiger partial charge >= 0.3 is 13.8 Å². The second kappa shape index (κ2) is 14.3. The average Bonchev–Trinajstić information content (AvgIpc) is 3.93. The number of thiazole rings is 2. The van der Waals surface area contributed by atoms with Gasteiger partial charge in [-0.15, -0.1) is 22.7 Å². The molecule has 9 rings (SSSR count). The summed E-state index contributed by atoms with van der Waals surface area (Å²) >= 11 is 3.13. The Bertz CT molecular complexity index is 2400. The number of ether oxygens (including phenoxy) is 1. The van der Waals surface area contributed by atoms with Gasteiger partial charge < -0.3 is 24.0 Å². The van der Waals surface area contributed by atoms with Gasteiger partial charge in [-0.25, -0.2) is 19.3 Å². The number of nitrogens with two attached hydrogens (primary N) is 1. The lowest BCUT2D eigenvalue weighted by Crippen LogP contribution is -2.97. The summed E-state index contributed by atoms with van der Waals surface area (Å²) in [6, 6.07) is 22.7. The summed E-state index contributed by atoms with van der Waals surface area (Å²) in [6.07, 6.45) is 8.04. The van der Waals surface area contributed by atoms with E-state index in [9.17, 15) is 14.3 Å². The van der Waals surface area contributed by atoms with Gasteiger partial charge in [0.05, 0.1) is 29.2 Å². The van der Waals surface area contributed by atoms with E-state index >= 15 is 0 Å². The van der Waals surface area contributed by atoms with Crippen LogP contribution in [0.4, 0.5) is 0 Å². The zero-order valence-electron chi connectivity index (χ0n) is 29.6. The zero-order valence-corrected chi connectivity index (χ0v) is 32.1. The van der Waals surface area contributed by atoms with Crippen molar-refractivity contribution in [3.63, 3.8) is 0 Å². The molecule has 2 aliphatic heterocycles. The number of phosphoric ester groups is 1. The molecule has 2 N–H and O–H groups in total. The number of nitrogens with zero attached hydrogens (tertiary/aromatic N) is 4. The molecule has 1 saturated heterocycles. The van der Waals surface area contributed by atoms with Gasteiger partial charge in [0.1, 0.15) is 23.1 Å². The highest BCUT2D eigenvalue weighted by atomic mass is 32.1. The molecular formula is C40H36N5O6PS2. The first-order valence-corrected chi connectivity index (χ1v) is 20.6. The number of carbonyl (C=O) groups excluding carboxylic acids is 1. The number of quaternary nitrogens is 1. The number of fused-ring (bicyclic) bond motifs is 7. The Morgan fingerprint density at radius 3 is 2.15 bits per heavy atom. The third kappa shape index (κ3) is 7.25. The third-order valence-corrected chi connectivity index (χ3v) is 11.8. The molecule has 3 atom stereocenters. The Morgan fingerprint density at radius 2 is 1.59 bits per heavy atom. The van der Waals surface area contributed by atoms with Crippen molar-refractivity contribution in [3.05, 3.63) is 130 Å². The number of rotatable bonds is 5. The summed E-state index contributed by atoms with van der Waals surface area (Å²) in [5, 5.41) is 10.9. The van der Waals surface area contributed by atoms with Gasteiger partial charge in [0.2, 0.25) is 5.54 Å². The lowest BCUT2D eigenvalue weighted by atomic mass is 9.86. The molecule has 7 aromatic rings. The van der Waals surface area contributed by atoms with E-state index in [4.69, 9.17) is 13.8 Å². The van der Waals surface area contributed by atoms with Crippen molar-refractivity contribution in [2.45, 2.75) is 56.7 Å². The van der Waals surface area contributed by atoms with Crippen LogP contribution in [0.15, 0.2) is 114 Å². The molecule has 0 radical (unpaired) electrons. The fraction of sp³-hybridized carbons (Fsp3) is 0.225. The molecule has 0 saturated carbocycles. The second-order valence-corrected chi connectivity index (χ2v) is 17.2. The molecule has 0 amide bonds. The first kappa shape index (κ1) is 36.0. The number of esters is 1. The fourth-order valence-electron chi connectivity index (χ4n) is 7.29. The topological polar surface area (TPSA) is 153 Å². The van der Waals surface area contributed by atoms with Crippen LogP contribution in [-0.2, 0) is 20.5 Å². The molecule has 0 aliphatic carbocycles. The summed E-state index contributed by atoms with van der Waals surface area (Å²) in [5.41, 5.74) is 3.67. The predicted molar refractivity (Wildman–Crippen MR) is 206 cm³/mol. The lowest BCUT2D eigenvalue weighted by molar-refractivity contribution is -0.731. The predicted octanol–water partition coefficient (Wildman–Crippen LogP) is 7.40. The average molecular weight is 778 g/mol. The number of aromatic nitrogens is 4. The zero-order chi connectivity index (χ0) is 37.5. The Kier molecular flexibility index (Phi) is 9.53. The maximum absolute atomic E-state index is 13.5. The highest BCUT2D eigenvalue weighted by molar-refractivity contribution is 7.46. The minimum absolute atomic E-state index is 0.000930. The van der Waals surface area contributed by atoms with E-state index in [1.807, 2.05) is 92.2 Å². The van der Waals surface area contributed by atoms with Crippen LogP contribution in [0.3, 0.4) is 0 Å². The van der Waals surface area contributed by atoms with Gasteiger partial charge in [0.15, 0.2) is 5.01 Å². The number of carbonyl (C=O) groups is 1. The van der Waals surface area contributed by atoms with E-state index in [-0.39, 0.29) is 29.4 Å². The summed E-state index contributed by atoms with van der Waals surface area (Å²) in [6.45, 7) is 5.69. The Labute approximate surface area is 319 Å². The first-order valence-electron chi connectivity index (χ1n) is 17.3. The highest BCUT2D eigenvalue weighted by Gasteiger charge is 2.58. The highest BCUT2D eigenvalue weighted by Crippen LogP contribution is 2.55. The smallest absolute Gasteiger partial charge is 0.372 e. The van der Waals surface area contributed by atoms with Crippen molar-refractivity contribution in [3.8, 4) is 22.6 Å². The third-order valence-electron chi connectivity index (χ3n) is 9.45. The number of hydrogen-bond acceptors (Lipinski definition) is 12. The van der Waals surface area contributed by atoms with Crippen molar-refractivity contribution in [2.75, 3.05) is 0 Å². The van der Waals surface area contributed by atoms with Crippen LogP contribution >= 0.6 is 30.5 Å². The van der Waals surface area contributed by atoms with Gasteiger partial charge in [-0.3, -0.25) is 9.97 Å². The summed E-state index contributed by atoms with van der Waals surface area (Å²) in [4.78, 5) is 43.5. The van der Waals surface area contributed by atoms with Crippen molar-refractivity contribution < 1.29 is 33.4 Å². The van der Waals surface area contributed by atoms with Gasteiger partial charge in [0.25, 0.3) is 0 Å². The van der Waals surface area contributed by atoms with Crippen molar-refractivity contribution in [1.29, 1.82) is 0 Å². The SMILES string of the molecule is CC(C)(C)OC(=O)[C@]1(Cc2cscn2)C[C@H](c2cnccn2)[C@H](c2nccs2)[NH2+]1.O=P1([O-])Oc2ccc3ccccc3c2-c2c(ccc3ccccc23)O1. The van der Waals surface area contributed by atoms with Gasteiger partial charge in [-0.2, -0.15) is 0 Å². The van der Waals surface area contributed by atoms with Crippen molar-refractivity contribution >= 4 is 58.0 Å². The van der Waals surface area contributed by atoms with Crippen molar-refractivity contribution in [2.24, 2.45) is 0 Å². The van der Waals surface area contributed by atoms with Crippen LogP contribution in [-0.4, -0.2) is 37.0 Å². The second-order valence-electron chi connectivity index (χ2n) is 14.3. The molecule has 5 heterocycles. The number of hydrogen-bond donors (Lipinski definition) is 1. The summed E-state index contributed by atoms with van der Waals surface area (Å²) < 4.78 is 28.7. The number of benzene rings is 4. The molecule has 54 heavy (non-hydrogen) atoms. The molecule has 0 spiro atoms. The minimum Gasteiger partial charge on any atom is -0.736 e. The van der Waals surface area contributed by atoms with Crippen molar-refractivity contribution in [1.82, 2.24) is 19.9 Å². The molecule has 274 valence electrons. The van der Waals surface area contributed by atoms with E-state index in [0.717, 1.165) is 49.1 Å². The normalized spacial score (nSPS) is 20.1. The van der Waals surface area contributed by atoms with Crippen LogP contribution in [0.25, 0.3) is 32.7 Å².